The Balaban J connectivity index is 1.70. The molecule has 0 bridgehead atoms. The Bertz CT molecular complexity index is 1030. The number of likely N-dealkylation sites (N-methyl/N-ethyl adjacent to an activating group) is 1. The van der Waals surface area contributed by atoms with Gasteiger partial charge in [0.1, 0.15) is 5.75 Å². The van der Waals surface area contributed by atoms with E-state index in [1.54, 1.807) is 47.3 Å². The van der Waals surface area contributed by atoms with Gasteiger partial charge >= 0.3 is 0 Å². The van der Waals surface area contributed by atoms with E-state index >= 15 is 0 Å². The van der Waals surface area contributed by atoms with Gasteiger partial charge in [0.25, 0.3) is 11.8 Å². The first kappa shape index (κ1) is 21.4. The standard InChI is InChI=1S/C22H23ClN4O3/c1-3-20-19(13-25-27(20)17-7-5-6-15(23)12-17)22(29)26-16-8-10-18(11-9-16)30-14-21(28)24-4-2/h5-13H,3-4,14H2,1-2H3,(H,24,28)(H,26,29). The summed E-state index contributed by atoms with van der Waals surface area (Å²) >= 11 is 6.08. The van der Waals surface area contributed by atoms with Gasteiger partial charge in [0, 0.05) is 17.3 Å². The van der Waals surface area contributed by atoms with Crippen molar-refractivity contribution in [3.8, 4) is 11.4 Å². The van der Waals surface area contributed by atoms with Crippen LogP contribution in [0.5, 0.6) is 5.75 Å². The number of aromatic nitrogens is 2. The topological polar surface area (TPSA) is 85.2 Å². The normalized spacial score (nSPS) is 10.5. The van der Waals surface area contributed by atoms with Crippen molar-refractivity contribution in [2.45, 2.75) is 20.3 Å². The highest BCUT2D eigenvalue weighted by Crippen LogP contribution is 2.21. The molecule has 0 saturated carbocycles. The van der Waals surface area contributed by atoms with Crippen molar-refractivity contribution in [2.75, 3.05) is 18.5 Å². The fraction of sp³-hybridized carbons (Fsp3) is 0.227. The second-order valence-electron chi connectivity index (χ2n) is 6.47. The van der Waals surface area contributed by atoms with Crippen LogP contribution in [0.4, 0.5) is 5.69 Å². The molecule has 0 radical (unpaired) electrons. The van der Waals surface area contributed by atoms with E-state index in [9.17, 15) is 9.59 Å². The zero-order valence-corrected chi connectivity index (χ0v) is 17.6. The Morgan fingerprint density at radius 2 is 1.90 bits per heavy atom. The first-order chi connectivity index (χ1) is 14.5. The average molecular weight is 427 g/mol. The lowest BCUT2D eigenvalue weighted by molar-refractivity contribution is -0.122. The minimum absolute atomic E-state index is 0.0535. The van der Waals surface area contributed by atoms with Gasteiger partial charge in [0.2, 0.25) is 0 Å². The number of ether oxygens (including phenoxy) is 1. The van der Waals surface area contributed by atoms with E-state index in [0.29, 0.717) is 35.0 Å². The number of amides is 2. The summed E-state index contributed by atoms with van der Waals surface area (Å²) in [6.07, 6.45) is 2.18. The molecule has 30 heavy (non-hydrogen) atoms. The summed E-state index contributed by atoms with van der Waals surface area (Å²) in [6, 6.07) is 14.2. The van der Waals surface area contributed by atoms with Crippen LogP contribution in [0, 0.1) is 0 Å². The van der Waals surface area contributed by atoms with Crippen LogP contribution < -0.4 is 15.4 Å². The summed E-state index contributed by atoms with van der Waals surface area (Å²) in [6.45, 7) is 4.32. The maximum atomic E-state index is 12.8. The van der Waals surface area contributed by atoms with E-state index in [4.69, 9.17) is 16.3 Å². The maximum absolute atomic E-state index is 12.8. The monoisotopic (exact) mass is 426 g/mol. The van der Waals surface area contributed by atoms with Gasteiger partial charge in [0.05, 0.1) is 23.1 Å². The third-order valence-corrected chi connectivity index (χ3v) is 4.59. The summed E-state index contributed by atoms with van der Waals surface area (Å²) in [5.41, 5.74) is 2.70. The second-order valence-corrected chi connectivity index (χ2v) is 6.91. The van der Waals surface area contributed by atoms with Crippen LogP contribution in [0.3, 0.4) is 0 Å². The Kier molecular flexibility index (Phi) is 7.08. The molecule has 2 amide bonds. The van der Waals surface area contributed by atoms with E-state index < -0.39 is 0 Å². The minimum atomic E-state index is -0.254. The number of carbonyl (C=O) groups excluding carboxylic acids is 2. The van der Waals surface area contributed by atoms with Crippen LogP contribution in [-0.2, 0) is 11.2 Å². The number of anilines is 1. The largest absolute Gasteiger partial charge is 0.484 e. The van der Waals surface area contributed by atoms with E-state index in [-0.39, 0.29) is 18.4 Å². The van der Waals surface area contributed by atoms with Crippen molar-refractivity contribution < 1.29 is 14.3 Å². The van der Waals surface area contributed by atoms with Crippen molar-refractivity contribution in [1.82, 2.24) is 15.1 Å². The molecular weight excluding hydrogens is 404 g/mol. The summed E-state index contributed by atoms with van der Waals surface area (Å²) in [4.78, 5) is 24.3. The number of nitrogens with zero attached hydrogens (tertiary/aromatic N) is 2. The van der Waals surface area contributed by atoms with Crippen molar-refractivity contribution in [1.29, 1.82) is 0 Å². The third-order valence-electron chi connectivity index (χ3n) is 4.36. The Morgan fingerprint density at radius 3 is 2.57 bits per heavy atom. The number of hydrogen-bond acceptors (Lipinski definition) is 4. The van der Waals surface area contributed by atoms with E-state index in [2.05, 4.69) is 15.7 Å². The molecule has 2 aromatic carbocycles. The van der Waals surface area contributed by atoms with E-state index in [0.717, 1.165) is 11.4 Å². The SMILES string of the molecule is CCNC(=O)COc1ccc(NC(=O)c2cnn(-c3cccc(Cl)c3)c2CC)cc1. The first-order valence-corrected chi connectivity index (χ1v) is 10.0. The lowest BCUT2D eigenvalue weighted by atomic mass is 10.1. The Labute approximate surface area is 180 Å². The molecule has 8 heteroatoms. The van der Waals surface area contributed by atoms with Gasteiger partial charge in [0.15, 0.2) is 6.61 Å². The molecule has 7 nitrogen and oxygen atoms in total. The summed E-state index contributed by atoms with van der Waals surface area (Å²) < 4.78 is 7.14. The average Bonchev–Trinajstić information content (AvgIpc) is 3.18. The number of nitrogens with one attached hydrogen (secondary N) is 2. The third kappa shape index (κ3) is 5.18. The van der Waals surface area contributed by atoms with Gasteiger partial charge in [-0.15, -0.1) is 0 Å². The van der Waals surface area contributed by atoms with Crippen LogP contribution in [0.2, 0.25) is 5.02 Å². The summed E-state index contributed by atoms with van der Waals surface area (Å²) in [7, 11) is 0. The number of rotatable bonds is 8. The quantitative estimate of drug-likeness (QED) is 0.572. The fourth-order valence-corrected chi connectivity index (χ4v) is 3.15. The Hall–Kier alpha value is -3.32. The van der Waals surface area contributed by atoms with E-state index in [1.165, 1.54) is 0 Å². The van der Waals surface area contributed by atoms with Crippen LogP contribution in [0.25, 0.3) is 5.69 Å². The van der Waals surface area contributed by atoms with Crippen LogP contribution >= 0.6 is 11.6 Å². The van der Waals surface area contributed by atoms with Crippen LogP contribution in [-0.4, -0.2) is 34.7 Å². The molecule has 2 N–H and O–H groups in total. The van der Waals surface area contributed by atoms with Crippen molar-refractivity contribution in [2.24, 2.45) is 0 Å². The van der Waals surface area contributed by atoms with Crippen molar-refractivity contribution in [3.63, 3.8) is 0 Å². The minimum Gasteiger partial charge on any atom is -0.484 e. The number of hydrogen-bond donors (Lipinski definition) is 2. The highest BCUT2D eigenvalue weighted by molar-refractivity contribution is 6.30. The molecule has 0 atom stereocenters. The maximum Gasteiger partial charge on any atom is 0.259 e. The molecule has 1 aromatic heterocycles. The van der Waals surface area contributed by atoms with Crippen molar-refractivity contribution >= 4 is 29.1 Å². The van der Waals surface area contributed by atoms with E-state index in [1.807, 2.05) is 26.0 Å². The molecule has 3 rings (SSSR count). The first-order valence-electron chi connectivity index (χ1n) is 9.65. The molecule has 0 spiro atoms. The lowest BCUT2D eigenvalue weighted by Gasteiger charge is -2.10. The molecule has 0 fully saturated rings. The highest BCUT2D eigenvalue weighted by Gasteiger charge is 2.17. The zero-order valence-electron chi connectivity index (χ0n) is 16.8. The molecule has 0 aliphatic rings. The van der Waals surface area contributed by atoms with Gasteiger partial charge in [-0.25, -0.2) is 4.68 Å². The number of carbonyl (C=O) groups is 2. The summed E-state index contributed by atoms with van der Waals surface area (Å²) in [5.74, 6) is 0.108. The molecule has 3 aromatic rings. The molecule has 156 valence electrons. The van der Waals surface area contributed by atoms with Gasteiger partial charge in [-0.3, -0.25) is 9.59 Å². The predicted octanol–water partition coefficient (Wildman–Crippen LogP) is 3.86. The lowest BCUT2D eigenvalue weighted by Crippen LogP contribution is -2.28. The molecule has 0 aliphatic carbocycles. The molecule has 0 saturated heterocycles. The Morgan fingerprint density at radius 1 is 1.13 bits per heavy atom. The van der Waals surface area contributed by atoms with Crippen molar-refractivity contribution in [3.05, 3.63) is 71.0 Å². The molecule has 0 unspecified atom stereocenters. The van der Waals surface area contributed by atoms with Gasteiger partial charge < -0.3 is 15.4 Å². The molecule has 0 aliphatic heterocycles. The predicted molar refractivity (Wildman–Crippen MR) is 117 cm³/mol. The van der Waals surface area contributed by atoms with Crippen LogP contribution in [0.1, 0.15) is 29.9 Å². The van der Waals surface area contributed by atoms with Gasteiger partial charge in [-0.05, 0) is 55.8 Å². The smallest absolute Gasteiger partial charge is 0.259 e. The van der Waals surface area contributed by atoms with Gasteiger partial charge in [-0.1, -0.05) is 24.6 Å². The summed E-state index contributed by atoms with van der Waals surface area (Å²) in [5, 5.41) is 10.5. The van der Waals surface area contributed by atoms with Crippen LogP contribution in [0.15, 0.2) is 54.7 Å². The fourth-order valence-electron chi connectivity index (χ4n) is 2.96. The number of halogens is 1. The molecule has 1 heterocycles. The molecular formula is C22H23ClN4O3. The van der Waals surface area contributed by atoms with Gasteiger partial charge in [-0.2, -0.15) is 5.10 Å². The number of benzene rings is 2. The zero-order chi connectivity index (χ0) is 21.5. The second kappa shape index (κ2) is 9.93. The highest BCUT2D eigenvalue weighted by atomic mass is 35.5.